The molecular formula is C19H18BrFN2O3. The van der Waals surface area contributed by atoms with Crippen LogP contribution in [0.5, 0.6) is 0 Å². The molecule has 1 aliphatic rings. The van der Waals surface area contributed by atoms with E-state index in [1.165, 1.54) is 12.1 Å². The topological polar surface area (TPSA) is 60.9 Å². The summed E-state index contributed by atoms with van der Waals surface area (Å²) < 4.78 is 14.0. The van der Waals surface area contributed by atoms with E-state index < -0.39 is 5.97 Å². The molecular weight excluding hydrogens is 403 g/mol. The first-order valence-electron chi connectivity index (χ1n) is 8.20. The summed E-state index contributed by atoms with van der Waals surface area (Å²) in [5.41, 5.74) is 1.52. The van der Waals surface area contributed by atoms with Crippen LogP contribution >= 0.6 is 15.9 Å². The summed E-state index contributed by atoms with van der Waals surface area (Å²) in [6.07, 6.45) is -0.0137. The Morgan fingerprint density at radius 3 is 2.38 bits per heavy atom. The van der Waals surface area contributed by atoms with Crippen molar-refractivity contribution in [2.75, 3.05) is 18.0 Å². The predicted octanol–water partition coefficient (Wildman–Crippen LogP) is 4.12. The zero-order valence-electron chi connectivity index (χ0n) is 13.9. The summed E-state index contributed by atoms with van der Waals surface area (Å²) in [7, 11) is 0. The lowest BCUT2D eigenvalue weighted by molar-refractivity contribution is -0.138. The molecule has 1 N–H and O–H groups in total. The van der Waals surface area contributed by atoms with E-state index in [1.807, 2.05) is 24.3 Å². The second-order valence-corrected chi connectivity index (χ2v) is 7.26. The van der Waals surface area contributed by atoms with E-state index in [4.69, 9.17) is 5.11 Å². The van der Waals surface area contributed by atoms with Crippen molar-refractivity contribution >= 4 is 33.6 Å². The molecule has 1 heterocycles. The zero-order chi connectivity index (χ0) is 18.7. The van der Waals surface area contributed by atoms with Gasteiger partial charge >= 0.3 is 12.0 Å². The standard InChI is InChI=1S/C19H18BrFN2O3/c20-15-3-7-17(8-4-15)23-12-14(9-18(24)25)11-22(19(23)26)10-13-1-5-16(21)6-2-13/h1-8,14H,9-12H2,(H,24,25). The molecule has 1 fully saturated rings. The number of rotatable bonds is 5. The molecule has 1 unspecified atom stereocenters. The molecule has 1 aliphatic heterocycles. The van der Waals surface area contributed by atoms with Crippen molar-refractivity contribution in [1.29, 1.82) is 0 Å². The molecule has 0 radical (unpaired) electrons. The second-order valence-electron chi connectivity index (χ2n) is 6.34. The van der Waals surface area contributed by atoms with Gasteiger partial charge in [-0.15, -0.1) is 0 Å². The second kappa shape index (κ2) is 7.86. The lowest BCUT2D eigenvalue weighted by Gasteiger charge is -2.40. The Kier molecular flexibility index (Phi) is 5.56. The van der Waals surface area contributed by atoms with Gasteiger partial charge in [-0.2, -0.15) is 0 Å². The van der Waals surface area contributed by atoms with Crippen molar-refractivity contribution in [2.24, 2.45) is 5.92 Å². The quantitative estimate of drug-likeness (QED) is 0.790. The van der Waals surface area contributed by atoms with Crippen LogP contribution < -0.4 is 4.90 Å². The Hall–Kier alpha value is -2.41. The predicted molar refractivity (Wildman–Crippen MR) is 99.4 cm³/mol. The molecule has 2 aromatic carbocycles. The Morgan fingerprint density at radius 2 is 1.77 bits per heavy atom. The number of carboxylic acid groups (broad SMARTS) is 1. The number of aliphatic carboxylic acids is 1. The van der Waals surface area contributed by atoms with Gasteiger partial charge in [-0.1, -0.05) is 28.1 Å². The molecule has 5 nitrogen and oxygen atoms in total. The molecule has 2 amide bonds. The molecule has 1 atom stereocenters. The number of hydrogen-bond donors (Lipinski definition) is 1. The van der Waals surface area contributed by atoms with E-state index in [0.29, 0.717) is 19.6 Å². The minimum Gasteiger partial charge on any atom is -0.481 e. The van der Waals surface area contributed by atoms with Gasteiger partial charge in [0.2, 0.25) is 0 Å². The highest BCUT2D eigenvalue weighted by atomic mass is 79.9. The molecule has 0 aromatic heterocycles. The normalized spacial score (nSPS) is 17.5. The Labute approximate surface area is 159 Å². The minimum absolute atomic E-state index is 0.0137. The fourth-order valence-electron chi connectivity index (χ4n) is 3.11. The van der Waals surface area contributed by atoms with Crippen molar-refractivity contribution in [1.82, 2.24) is 4.90 Å². The first-order chi connectivity index (χ1) is 12.4. The third-order valence-corrected chi connectivity index (χ3v) is 4.84. The number of amides is 2. The van der Waals surface area contributed by atoms with Gasteiger partial charge in [-0.3, -0.25) is 9.69 Å². The number of carboxylic acids is 1. The third kappa shape index (κ3) is 4.40. The first-order valence-corrected chi connectivity index (χ1v) is 9.00. The Balaban J connectivity index is 1.84. The van der Waals surface area contributed by atoms with E-state index in [-0.39, 0.29) is 24.2 Å². The number of halogens is 2. The maximum absolute atomic E-state index is 13.1. The summed E-state index contributed by atoms with van der Waals surface area (Å²) in [6.45, 7) is 1.02. The first kappa shape index (κ1) is 18.4. The van der Waals surface area contributed by atoms with E-state index in [1.54, 1.807) is 21.9 Å². The average molecular weight is 421 g/mol. The van der Waals surface area contributed by atoms with Gasteiger partial charge in [0.05, 0.1) is 6.42 Å². The van der Waals surface area contributed by atoms with Gasteiger partial charge in [0.25, 0.3) is 0 Å². The Morgan fingerprint density at radius 1 is 1.12 bits per heavy atom. The fourth-order valence-corrected chi connectivity index (χ4v) is 3.37. The van der Waals surface area contributed by atoms with E-state index in [0.717, 1.165) is 15.7 Å². The van der Waals surface area contributed by atoms with Crippen LogP contribution in [0.2, 0.25) is 0 Å². The van der Waals surface area contributed by atoms with Crippen LogP contribution in [0.1, 0.15) is 12.0 Å². The van der Waals surface area contributed by atoms with Crippen molar-refractivity contribution in [2.45, 2.75) is 13.0 Å². The van der Waals surface area contributed by atoms with E-state index >= 15 is 0 Å². The number of carbonyl (C=O) groups is 2. The van der Waals surface area contributed by atoms with Gasteiger partial charge in [0.15, 0.2) is 0 Å². The lowest BCUT2D eigenvalue weighted by Crippen LogP contribution is -2.53. The van der Waals surface area contributed by atoms with Crippen LogP contribution in [0, 0.1) is 11.7 Å². The summed E-state index contributed by atoms with van der Waals surface area (Å²) >= 11 is 3.37. The highest BCUT2D eigenvalue weighted by molar-refractivity contribution is 9.10. The molecule has 0 saturated carbocycles. The highest BCUT2D eigenvalue weighted by Gasteiger charge is 2.33. The van der Waals surface area contributed by atoms with Gasteiger partial charge in [-0.25, -0.2) is 9.18 Å². The summed E-state index contributed by atoms with van der Waals surface area (Å²) in [5, 5.41) is 9.16. The smallest absolute Gasteiger partial charge is 0.324 e. The third-order valence-electron chi connectivity index (χ3n) is 4.31. The van der Waals surface area contributed by atoms with Crippen molar-refractivity contribution in [3.63, 3.8) is 0 Å². The molecule has 0 aliphatic carbocycles. The minimum atomic E-state index is -0.887. The number of benzene rings is 2. The molecule has 1 saturated heterocycles. The van der Waals surface area contributed by atoms with Crippen LogP contribution in [0.4, 0.5) is 14.9 Å². The molecule has 0 spiro atoms. The number of nitrogens with zero attached hydrogens (tertiary/aromatic N) is 2. The van der Waals surface area contributed by atoms with Crippen LogP contribution in [0.3, 0.4) is 0 Å². The summed E-state index contributed by atoms with van der Waals surface area (Å²) in [6, 6.07) is 13.1. The van der Waals surface area contributed by atoms with Gasteiger partial charge in [0.1, 0.15) is 5.82 Å². The molecule has 3 rings (SSSR count). The van der Waals surface area contributed by atoms with E-state index in [9.17, 15) is 14.0 Å². The maximum atomic E-state index is 13.1. The van der Waals surface area contributed by atoms with Gasteiger partial charge < -0.3 is 10.0 Å². The molecule has 0 bridgehead atoms. The number of anilines is 1. The molecule has 26 heavy (non-hydrogen) atoms. The van der Waals surface area contributed by atoms with Crippen LogP contribution in [0.25, 0.3) is 0 Å². The lowest BCUT2D eigenvalue weighted by atomic mass is 10.0. The van der Waals surface area contributed by atoms with Gasteiger partial charge in [0, 0.05) is 35.7 Å². The molecule has 136 valence electrons. The number of urea groups is 1. The number of hydrogen-bond acceptors (Lipinski definition) is 2. The van der Waals surface area contributed by atoms with E-state index in [2.05, 4.69) is 15.9 Å². The van der Waals surface area contributed by atoms with Crippen molar-refractivity contribution in [3.8, 4) is 0 Å². The van der Waals surface area contributed by atoms with Crippen LogP contribution in [-0.2, 0) is 11.3 Å². The maximum Gasteiger partial charge on any atom is 0.324 e. The largest absolute Gasteiger partial charge is 0.481 e. The van der Waals surface area contributed by atoms with Crippen molar-refractivity contribution < 1.29 is 19.1 Å². The molecule has 2 aromatic rings. The van der Waals surface area contributed by atoms with Crippen molar-refractivity contribution in [3.05, 3.63) is 64.4 Å². The summed E-state index contributed by atoms with van der Waals surface area (Å²) in [5.74, 6) is -1.41. The average Bonchev–Trinajstić information content (AvgIpc) is 2.60. The zero-order valence-corrected chi connectivity index (χ0v) is 15.5. The molecule has 7 heteroatoms. The Bertz CT molecular complexity index is 795. The van der Waals surface area contributed by atoms with Gasteiger partial charge in [-0.05, 0) is 42.0 Å². The van der Waals surface area contributed by atoms with Crippen LogP contribution in [0.15, 0.2) is 53.0 Å². The van der Waals surface area contributed by atoms with Crippen LogP contribution in [-0.4, -0.2) is 35.1 Å². The summed E-state index contributed by atoms with van der Waals surface area (Å²) in [4.78, 5) is 27.3. The number of carbonyl (C=O) groups excluding carboxylic acids is 1. The fraction of sp³-hybridized carbons (Fsp3) is 0.263. The monoisotopic (exact) mass is 420 g/mol. The SMILES string of the molecule is O=C(O)CC1CN(Cc2ccc(F)cc2)C(=O)N(c2ccc(Br)cc2)C1. The highest BCUT2D eigenvalue weighted by Crippen LogP contribution is 2.26.